The van der Waals surface area contributed by atoms with E-state index in [4.69, 9.17) is 14.5 Å². The second-order valence-electron chi connectivity index (χ2n) is 7.34. The summed E-state index contributed by atoms with van der Waals surface area (Å²) in [6.45, 7) is 8.86. The molecule has 1 amide bonds. The molecule has 0 spiro atoms. The van der Waals surface area contributed by atoms with Crippen LogP contribution in [0.4, 0.5) is 5.82 Å². The quantitative estimate of drug-likeness (QED) is 0.209. The van der Waals surface area contributed by atoms with E-state index in [0.29, 0.717) is 43.8 Å². The zero-order valence-corrected chi connectivity index (χ0v) is 20.3. The van der Waals surface area contributed by atoms with Crippen molar-refractivity contribution in [2.45, 2.75) is 38.9 Å². The minimum Gasteiger partial charge on any atom is -0.484 e. The van der Waals surface area contributed by atoms with Crippen molar-refractivity contribution in [2.75, 3.05) is 44.0 Å². The number of aryl methyl sites for hydroxylation is 1. The number of aromatic nitrogens is 4. The minimum absolute atomic E-state index is 0.0292. The van der Waals surface area contributed by atoms with Gasteiger partial charge < -0.3 is 20.1 Å². The highest BCUT2D eigenvalue weighted by atomic mass is 32.2. The van der Waals surface area contributed by atoms with Crippen molar-refractivity contribution in [3.05, 3.63) is 36.0 Å². The van der Waals surface area contributed by atoms with Gasteiger partial charge in [0.1, 0.15) is 11.6 Å². The molecule has 10 heteroatoms. The standard InChI is InChI=1S/C23H32N6O3S/c1-4-14-33-23-27-21(25-11-13-31-5-2)18-15-26-29(22(18)28-23)12-10-24-20(30)16-32-19-9-7-6-8-17(19)3/h6-9,15H,4-5,10-14,16H2,1-3H3,(H,24,30)(H,25,27,28). The Balaban J connectivity index is 1.61. The second-order valence-corrected chi connectivity index (χ2v) is 8.40. The number of nitrogens with zero attached hydrogens (tertiary/aromatic N) is 4. The van der Waals surface area contributed by atoms with Crippen LogP contribution in [0.3, 0.4) is 0 Å². The molecule has 0 aliphatic heterocycles. The van der Waals surface area contributed by atoms with E-state index in [-0.39, 0.29) is 12.5 Å². The van der Waals surface area contributed by atoms with Crippen molar-refractivity contribution in [1.82, 2.24) is 25.1 Å². The minimum atomic E-state index is -0.179. The number of carbonyl (C=O) groups is 1. The molecule has 0 atom stereocenters. The van der Waals surface area contributed by atoms with E-state index in [9.17, 15) is 4.79 Å². The Hall–Kier alpha value is -2.85. The van der Waals surface area contributed by atoms with Crippen LogP contribution in [0.25, 0.3) is 11.0 Å². The van der Waals surface area contributed by atoms with Crippen LogP contribution < -0.4 is 15.4 Å². The average molecular weight is 473 g/mol. The molecule has 0 aliphatic carbocycles. The van der Waals surface area contributed by atoms with E-state index < -0.39 is 0 Å². The van der Waals surface area contributed by atoms with Crippen LogP contribution in [-0.2, 0) is 16.1 Å². The largest absolute Gasteiger partial charge is 0.484 e. The van der Waals surface area contributed by atoms with Gasteiger partial charge in [0.05, 0.1) is 24.7 Å². The molecule has 2 aromatic heterocycles. The molecule has 1 aromatic carbocycles. The zero-order chi connectivity index (χ0) is 23.5. The molecule has 178 valence electrons. The van der Waals surface area contributed by atoms with Gasteiger partial charge in [0.15, 0.2) is 17.4 Å². The van der Waals surface area contributed by atoms with Crippen LogP contribution in [0, 0.1) is 6.92 Å². The van der Waals surface area contributed by atoms with Crippen LogP contribution >= 0.6 is 11.8 Å². The first kappa shape index (κ1) is 24.8. The molecule has 0 fully saturated rings. The molecule has 2 N–H and O–H groups in total. The van der Waals surface area contributed by atoms with Crippen molar-refractivity contribution < 1.29 is 14.3 Å². The summed E-state index contributed by atoms with van der Waals surface area (Å²) < 4.78 is 12.8. The van der Waals surface area contributed by atoms with Gasteiger partial charge in [-0.25, -0.2) is 14.6 Å². The van der Waals surface area contributed by atoms with Crippen LogP contribution in [0.1, 0.15) is 25.8 Å². The van der Waals surface area contributed by atoms with E-state index in [1.807, 2.05) is 38.1 Å². The van der Waals surface area contributed by atoms with Crippen molar-refractivity contribution in [1.29, 1.82) is 0 Å². The van der Waals surface area contributed by atoms with E-state index in [2.05, 4.69) is 27.6 Å². The SMILES string of the molecule is CCCSc1nc(NCCOCC)c2cnn(CCNC(=O)COc3ccccc3C)c2n1. The van der Waals surface area contributed by atoms with Crippen LogP contribution in [-0.4, -0.2) is 64.3 Å². The molecule has 2 heterocycles. The summed E-state index contributed by atoms with van der Waals surface area (Å²) in [5.41, 5.74) is 1.74. The Labute approximate surface area is 198 Å². The fourth-order valence-electron chi connectivity index (χ4n) is 3.09. The predicted molar refractivity (Wildman–Crippen MR) is 131 cm³/mol. The molecule has 0 radical (unpaired) electrons. The fraction of sp³-hybridized carbons (Fsp3) is 0.478. The summed E-state index contributed by atoms with van der Waals surface area (Å²) in [4.78, 5) is 21.6. The van der Waals surface area contributed by atoms with Crippen molar-refractivity contribution >= 4 is 34.5 Å². The first-order valence-corrected chi connectivity index (χ1v) is 12.2. The number of ether oxygens (including phenoxy) is 2. The second kappa shape index (κ2) is 13.0. The van der Waals surface area contributed by atoms with Gasteiger partial charge in [-0.05, 0) is 31.9 Å². The predicted octanol–water partition coefficient (Wildman–Crippen LogP) is 3.28. The number of para-hydroxylation sites is 1. The molecule has 0 bridgehead atoms. The third-order valence-corrected chi connectivity index (χ3v) is 5.81. The summed E-state index contributed by atoms with van der Waals surface area (Å²) in [7, 11) is 0. The maximum atomic E-state index is 12.2. The Morgan fingerprint density at radius 2 is 2.03 bits per heavy atom. The highest BCUT2D eigenvalue weighted by Gasteiger charge is 2.14. The molecule has 3 rings (SSSR count). The zero-order valence-electron chi connectivity index (χ0n) is 19.5. The normalized spacial score (nSPS) is 11.0. The van der Waals surface area contributed by atoms with Gasteiger partial charge >= 0.3 is 0 Å². The smallest absolute Gasteiger partial charge is 0.258 e. The first-order valence-electron chi connectivity index (χ1n) is 11.3. The van der Waals surface area contributed by atoms with Gasteiger partial charge in [-0.1, -0.05) is 36.9 Å². The van der Waals surface area contributed by atoms with Crippen LogP contribution in [0.2, 0.25) is 0 Å². The third kappa shape index (κ3) is 7.33. The number of thioether (sulfide) groups is 1. The number of fused-ring (bicyclic) bond motifs is 1. The van der Waals surface area contributed by atoms with Gasteiger partial charge in [0.2, 0.25) is 0 Å². The van der Waals surface area contributed by atoms with Gasteiger partial charge in [0, 0.05) is 25.4 Å². The van der Waals surface area contributed by atoms with E-state index >= 15 is 0 Å². The lowest BCUT2D eigenvalue weighted by Gasteiger charge is -2.11. The molecule has 0 saturated heterocycles. The molecule has 0 saturated carbocycles. The summed E-state index contributed by atoms with van der Waals surface area (Å²) >= 11 is 1.62. The third-order valence-electron chi connectivity index (χ3n) is 4.75. The molecular weight excluding hydrogens is 440 g/mol. The van der Waals surface area contributed by atoms with Crippen LogP contribution in [0.15, 0.2) is 35.6 Å². The number of hydrogen-bond donors (Lipinski definition) is 2. The Kier molecular flexibility index (Phi) is 9.77. The van der Waals surface area contributed by atoms with E-state index in [1.54, 1.807) is 22.6 Å². The topological polar surface area (TPSA) is 103 Å². The van der Waals surface area contributed by atoms with E-state index in [0.717, 1.165) is 34.6 Å². The molecule has 33 heavy (non-hydrogen) atoms. The average Bonchev–Trinajstić information content (AvgIpc) is 3.23. The van der Waals surface area contributed by atoms with Gasteiger partial charge in [-0.3, -0.25) is 4.79 Å². The number of rotatable bonds is 14. The number of nitrogens with one attached hydrogen (secondary N) is 2. The maximum absolute atomic E-state index is 12.2. The molecule has 9 nitrogen and oxygen atoms in total. The Bertz CT molecular complexity index is 1040. The van der Waals surface area contributed by atoms with Gasteiger partial charge in [-0.15, -0.1) is 0 Å². The summed E-state index contributed by atoms with van der Waals surface area (Å²) in [5.74, 6) is 2.22. The highest BCUT2D eigenvalue weighted by molar-refractivity contribution is 7.99. The van der Waals surface area contributed by atoms with Gasteiger partial charge in [-0.2, -0.15) is 5.10 Å². The lowest BCUT2D eigenvalue weighted by atomic mass is 10.2. The van der Waals surface area contributed by atoms with Crippen molar-refractivity contribution in [2.24, 2.45) is 0 Å². The Morgan fingerprint density at radius 1 is 1.18 bits per heavy atom. The maximum Gasteiger partial charge on any atom is 0.258 e. The lowest BCUT2D eigenvalue weighted by molar-refractivity contribution is -0.123. The highest BCUT2D eigenvalue weighted by Crippen LogP contribution is 2.24. The fourth-order valence-corrected chi connectivity index (χ4v) is 3.79. The number of amides is 1. The number of hydrogen-bond acceptors (Lipinski definition) is 8. The first-order chi connectivity index (χ1) is 16.1. The summed E-state index contributed by atoms with van der Waals surface area (Å²) in [6.07, 6.45) is 2.80. The number of carbonyl (C=O) groups excluding carboxylic acids is 1. The lowest BCUT2D eigenvalue weighted by Crippen LogP contribution is -2.31. The van der Waals surface area contributed by atoms with Crippen molar-refractivity contribution in [3.63, 3.8) is 0 Å². The van der Waals surface area contributed by atoms with Crippen molar-refractivity contribution in [3.8, 4) is 5.75 Å². The van der Waals surface area contributed by atoms with Crippen LogP contribution in [0.5, 0.6) is 5.75 Å². The molecule has 3 aromatic rings. The van der Waals surface area contributed by atoms with E-state index in [1.165, 1.54) is 0 Å². The number of anilines is 1. The Morgan fingerprint density at radius 3 is 2.82 bits per heavy atom. The molecule has 0 aliphatic rings. The summed E-state index contributed by atoms with van der Waals surface area (Å²) in [6, 6.07) is 7.63. The van der Waals surface area contributed by atoms with Gasteiger partial charge in [0.25, 0.3) is 5.91 Å². The molecule has 0 unspecified atom stereocenters. The summed E-state index contributed by atoms with van der Waals surface area (Å²) in [5, 5.41) is 12.2. The molecular formula is C23H32N6O3S. The number of benzene rings is 1. The monoisotopic (exact) mass is 472 g/mol.